The number of ether oxygens (including phenoxy) is 4. The van der Waals surface area contributed by atoms with Gasteiger partial charge in [0.25, 0.3) is 0 Å². The van der Waals surface area contributed by atoms with Crippen molar-refractivity contribution in [3.63, 3.8) is 0 Å². The summed E-state index contributed by atoms with van der Waals surface area (Å²) in [5.41, 5.74) is 0.678. The monoisotopic (exact) mass is 362 g/mol. The summed E-state index contributed by atoms with van der Waals surface area (Å²) in [5.74, 6) is 0.762. The minimum absolute atomic E-state index is 0.231. The molecule has 0 atom stereocenters. The Bertz CT molecular complexity index is 961. The number of benzene rings is 2. The van der Waals surface area contributed by atoms with Gasteiger partial charge in [-0.25, -0.2) is 9.59 Å². The first-order valence-corrected chi connectivity index (χ1v) is 7.93. The van der Waals surface area contributed by atoms with Gasteiger partial charge in [0, 0.05) is 6.07 Å². The third-order valence-corrected chi connectivity index (χ3v) is 4.20. The van der Waals surface area contributed by atoms with Crippen molar-refractivity contribution in [2.75, 3.05) is 21.3 Å². The largest absolute Gasteiger partial charge is 0.493 e. The summed E-state index contributed by atoms with van der Waals surface area (Å²) in [6, 6.07) is 7.69. The van der Waals surface area contributed by atoms with Crippen LogP contribution in [0.25, 0.3) is 10.3 Å². The molecule has 0 saturated heterocycles. The van der Waals surface area contributed by atoms with E-state index < -0.39 is 10.9 Å². The fourth-order valence-electron chi connectivity index (χ4n) is 2.28. The van der Waals surface area contributed by atoms with Crippen LogP contribution in [0.4, 0.5) is 0 Å². The average molecular weight is 362 g/mol. The molecule has 0 aliphatic heterocycles. The second-order valence-corrected chi connectivity index (χ2v) is 5.84. The van der Waals surface area contributed by atoms with Gasteiger partial charge in [-0.15, -0.1) is 0 Å². The van der Waals surface area contributed by atoms with Crippen LogP contribution in [0.5, 0.6) is 23.0 Å². The van der Waals surface area contributed by atoms with Gasteiger partial charge in [0.1, 0.15) is 11.3 Å². The number of carbonyl (C=O) groups excluding carboxylic acids is 1. The average Bonchev–Trinajstić information content (AvgIpc) is 2.99. The Labute approximate surface area is 146 Å². The first kappa shape index (κ1) is 16.8. The van der Waals surface area contributed by atoms with Gasteiger partial charge in [-0.2, -0.15) is 0 Å². The Morgan fingerprint density at radius 3 is 2.28 bits per heavy atom. The molecule has 1 aromatic heterocycles. The molecule has 25 heavy (non-hydrogen) atoms. The van der Waals surface area contributed by atoms with E-state index in [1.54, 1.807) is 18.2 Å². The Kier molecular flexibility index (Phi) is 4.62. The molecule has 0 N–H and O–H groups in total. The zero-order chi connectivity index (χ0) is 18.0. The smallest absolute Gasteiger partial charge is 0.396 e. The van der Waals surface area contributed by atoms with Crippen LogP contribution in [0.15, 0.2) is 39.5 Å². The summed E-state index contributed by atoms with van der Waals surface area (Å²) in [6.07, 6.45) is 0. The first-order chi connectivity index (χ1) is 12.0. The summed E-state index contributed by atoms with van der Waals surface area (Å²) < 4.78 is 26.6. The maximum atomic E-state index is 12.4. The number of esters is 1. The summed E-state index contributed by atoms with van der Waals surface area (Å²) in [4.78, 5) is 23.3. The number of methoxy groups -OCH3 is 3. The van der Waals surface area contributed by atoms with Gasteiger partial charge in [0.15, 0.2) is 11.5 Å². The molecule has 130 valence electrons. The van der Waals surface area contributed by atoms with E-state index in [1.165, 1.54) is 33.5 Å². The van der Waals surface area contributed by atoms with Crippen LogP contribution in [-0.4, -0.2) is 27.3 Å². The molecular formula is C17H14O7S. The SMILES string of the molecule is COc1cc(C(=O)Oc2ccc3oc(=O)sc3c2)cc(OC)c1OC. The normalized spacial score (nSPS) is 10.5. The van der Waals surface area contributed by atoms with E-state index in [1.807, 2.05) is 0 Å². The quantitative estimate of drug-likeness (QED) is 0.509. The van der Waals surface area contributed by atoms with Crippen molar-refractivity contribution in [2.24, 2.45) is 0 Å². The second kappa shape index (κ2) is 6.86. The van der Waals surface area contributed by atoms with Crippen LogP contribution in [0, 0.1) is 0 Å². The number of hydrogen-bond acceptors (Lipinski definition) is 8. The van der Waals surface area contributed by atoms with Crippen LogP contribution in [-0.2, 0) is 0 Å². The molecule has 0 saturated carbocycles. The molecule has 0 bridgehead atoms. The lowest BCUT2D eigenvalue weighted by atomic mass is 10.2. The molecule has 0 amide bonds. The van der Waals surface area contributed by atoms with Gasteiger partial charge in [0.05, 0.1) is 31.6 Å². The summed E-state index contributed by atoms with van der Waals surface area (Å²) in [7, 11) is 4.40. The number of carbonyl (C=O) groups is 1. The van der Waals surface area contributed by atoms with E-state index in [9.17, 15) is 9.59 Å². The molecule has 7 nitrogen and oxygen atoms in total. The second-order valence-electron chi connectivity index (χ2n) is 4.87. The number of fused-ring (bicyclic) bond motifs is 1. The van der Waals surface area contributed by atoms with Gasteiger partial charge < -0.3 is 23.4 Å². The first-order valence-electron chi connectivity index (χ1n) is 7.11. The van der Waals surface area contributed by atoms with Gasteiger partial charge in [0.2, 0.25) is 5.75 Å². The predicted octanol–water partition coefficient (Wildman–Crippen LogP) is 3.10. The van der Waals surface area contributed by atoms with Crippen molar-refractivity contribution < 1.29 is 28.2 Å². The highest BCUT2D eigenvalue weighted by molar-refractivity contribution is 7.16. The Morgan fingerprint density at radius 1 is 1.00 bits per heavy atom. The molecule has 0 fully saturated rings. The standard InChI is InChI=1S/C17H14O7S/c1-20-12-6-9(7-13(21-2)15(12)22-3)16(18)23-10-4-5-11-14(8-10)25-17(19)24-11/h4-8H,1-3H3. The van der Waals surface area contributed by atoms with Gasteiger partial charge in [-0.1, -0.05) is 11.3 Å². The van der Waals surface area contributed by atoms with E-state index >= 15 is 0 Å². The maximum Gasteiger partial charge on any atom is 0.396 e. The van der Waals surface area contributed by atoms with E-state index in [4.69, 9.17) is 23.4 Å². The van der Waals surface area contributed by atoms with Gasteiger partial charge in [-0.05, 0) is 24.3 Å². The molecule has 8 heteroatoms. The molecule has 3 rings (SSSR count). The minimum Gasteiger partial charge on any atom is -0.493 e. The third kappa shape index (κ3) is 3.29. The zero-order valence-electron chi connectivity index (χ0n) is 13.7. The third-order valence-electron chi connectivity index (χ3n) is 3.41. The van der Waals surface area contributed by atoms with E-state index in [2.05, 4.69) is 0 Å². The fraction of sp³-hybridized carbons (Fsp3) is 0.176. The zero-order valence-corrected chi connectivity index (χ0v) is 14.5. The summed E-state index contributed by atoms with van der Waals surface area (Å²) in [5, 5.41) is 0. The highest BCUT2D eigenvalue weighted by Crippen LogP contribution is 2.38. The van der Waals surface area contributed by atoms with Crippen molar-refractivity contribution in [2.45, 2.75) is 0 Å². The molecule has 2 aromatic carbocycles. The van der Waals surface area contributed by atoms with Gasteiger partial charge >= 0.3 is 10.9 Å². The lowest BCUT2D eigenvalue weighted by Crippen LogP contribution is -2.09. The van der Waals surface area contributed by atoms with Crippen LogP contribution in [0.3, 0.4) is 0 Å². The summed E-state index contributed by atoms with van der Waals surface area (Å²) in [6.45, 7) is 0. The van der Waals surface area contributed by atoms with Crippen molar-refractivity contribution in [1.82, 2.24) is 0 Å². The minimum atomic E-state index is -0.602. The molecular weight excluding hydrogens is 348 g/mol. The highest BCUT2D eigenvalue weighted by Gasteiger charge is 2.18. The van der Waals surface area contributed by atoms with Crippen molar-refractivity contribution >= 4 is 27.6 Å². The number of rotatable bonds is 5. The molecule has 3 aromatic rings. The van der Waals surface area contributed by atoms with Gasteiger partial charge in [-0.3, -0.25) is 0 Å². The predicted molar refractivity (Wildman–Crippen MR) is 91.4 cm³/mol. The van der Waals surface area contributed by atoms with Crippen molar-refractivity contribution in [1.29, 1.82) is 0 Å². The topological polar surface area (TPSA) is 84.2 Å². The van der Waals surface area contributed by atoms with Crippen LogP contribution >= 0.6 is 11.3 Å². The molecule has 0 aliphatic carbocycles. The lowest BCUT2D eigenvalue weighted by Gasteiger charge is -2.13. The van der Waals surface area contributed by atoms with Crippen LogP contribution < -0.4 is 23.9 Å². The Balaban J connectivity index is 1.92. The maximum absolute atomic E-state index is 12.4. The van der Waals surface area contributed by atoms with E-state index in [-0.39, 0.29) is 5.56 Å². The Hall–Kier alpha value is -3.00. The Morgan fingerprint density at radius 2 is 1.68 bits per heavy atom. The molecule has 0 unspecified atom stereocenters. The molecule has 0 aliphatic rings. The van der Waals surface area contributed by atoms with Crippen LogP contribution in [0.1, 0.15) is 10.4 Å². The van der Waals surface area contributed by atoms with Crippen molar-refractivity contribution in [3.05, 3.63) is 45.6 Å². The molecule has 0 spiro atoms. The number of hydrogen-bond donors (Lipinski definition) is 0. The lowest BCUT2D eigenvalue weighted by molar-refractivity contribution is 0.0734. The molecule has 0 radical (unpaired) electrons. The van der Waals surface area contributed by atoms with Crippen molar-refractivity contribution in [3.8, 4) is 23.0 Å². The fourth-order valence-corrected chi connectivity index (χ4v) is 2.98. The summed E-state index contributed by atoms with van der Waals surface area (Å²) >= 11 is 0.936. The highest BCUT2D eigenvalue weighted by atomic mass is 32.1. The molecule has 1 heterocycles. The van der Waals surface area contributed by atoms with E-state index in [0.717, 1.165) is 11.3 Å². The van der Waals surface area contributed by atoms with E-state index in [0.29, 0.717) is 33.3 Å². The van der Waals surface area contributed by atoms with Crippen LogP contribution in [0.2, 0.25) is 0 Å².